The van der Waals surface area contributed by atoms with E-state index in [0.29, 0.717) is 5.41 Å². The van der Waals surface area contributed by atoms with E-state index in [1.54, 1.807) is 12.7 Å². The summed E-state index contributed by atoms with van der Waals surface area (Å²) in [5, 5.41) is 3.60. The van der Waals surface area contributed by atoms with Crippen LogP contribution in [0.4, 0.5) is 0 Å². The van der Waals surface area contributed by atoms with Crippen molar-refractivity contribution < 1.29 is 4.74 Å². The van der Waals surface area contributed by atoms with Crippen LogP contribution in [-0.2, 0) is 11.8 Å². The van der Waals surface area contributed by atoms with E-state index in [4.69, 9.17) is 4.74 Å². The van der Waals surface area contributed by atoms with Crippen LogP contribution in [-0.4, -0.2) is 20.2 Å². The molecule has 2 nitrogen and oxygen atoms in total. The van der Waals surface area contributed by atoms with Crippen LogP contribution in [0.25, 0.3) is 0 Å². The van der Waals surface area contributed by atoms with Gasteiger partial charge in [0, 0.05) is 0 Å². The highest BCUT2D eigenvalue weighted by atomic mass is 16.5. The maximum Gasteiger partial charge on any atom is 0.119 e. The van der Waals surface area contributed by atoms with Gasteiger partial charge in [0.25, 0.3) is 0 Å². The first-order valence-electron chi connectivity index (χ1n) is 7.68. The molecule has 1 N–H and O–H groups in total. The van der Waals surface area contributed by atoms with Crippen LogP contribution in [0.5, 0.6) is 5.75 Å². The van der Waals surface area contributed by atoms with E-state index in [1.165, 1.54) is 44.2 Å². The number of hydrogen-bond acceptors (Lipinski definition) is 2. The molecule has 3 rings (SSSR count). The Morgan fingerprint density at radius 3 is 3.11 bits per heavy atom. The fourth-order valence-corrected chi connectivity index (χ4v) is 3.86. The van der Waals surface area contributed by atoms with Gasteiger partial charge in [-0.05, 0) is 79.8 Å². The van der Waals surface area contributed by atoms with Gasteiger partial charge in [0.05, 0.1) is 7.11 Å². The Morgan fingerprint density at radius 1 is 1.42 bits per heavy atom. The lowest BCUT2D eigenvalue weighted by Crippen LogP contribution is -2.25. The van der Waals surface area contributed by atoms with E-state index in [1.807, 2.05) is 0 Å². The standard InChI is InChI=1S/C17H25NO/c1-3-9-18-12-14-11-17(14)8-4-5-13-10-15(19-2)6-7-16(13)17/h6-7,10,14,18H,3-5,8-9,11-12H2,1-2H3. The molecule has 1 fully saturated rings. The number of rotatable bonds is 5. The van der Waals surface area contributed by atoms with Crippen molar-refractivity contribution in [2.24, 2.45) is 5.92 Å². The monoisotopic (exact) mass is 259 g/mol. The molecule has 1 aromatic carbocycles. The number of ether oxygens (including phenoxy) is 1. The van der Waals surface area contributed by atoms with E-state index < -0.39 is 0 Å². The van der Waals surface area contributed by atoms with Crippen molar-refractivity contribution in [2.45, 2.75) is 44.4 Å². The summed E-state index contributed by atoms with van der Waals surface area (Å²) < 4.78 is 5.36. The first-order valence-corrected chi connectivity index (χ1v) is 7.68. The summed E-state index contributed by atoms with van der Waals surface area (Å²) in [5.41, 5.74) is 3.65. The first kappa shape index (κ1) is 13.0. The van der Waals surface area contributed by atoms with E-state index in [9.17, 15) is 0 Å². The Bertz CT molecular complexity index is 457. The quantitative estimate of drug-likeness (QED) is 0.819. The maximum absolute atomic E-state index is 5.36. The second kappa shape index (κ2) is 5.16. The SMILES string of the molecule is CCCNCC1CC12CCCc1cc(OC)ccc12. The number of aryl methyl sites for hydroxylation is 1. The summed E-state index contributed by atoms with van der Waals surface area (Å²) >= 11 is 0. The van der Waals surface area contributed by atoms with Crippen molar-refractivity contribution in [3.63, 3.8) is 0 Å². The number of fused-ring (bicyclic) bond motifs is 2. The van der Waals surface area contributed by atoms with Gasteiger partial charge in [-0.3, -0.25) is 0 Å². The molecule has 1 saturated carbocycles. The molecule has 2 aliphatic rings. The Hall–Kier alpha value is -1.02. The van der Waals surface area contributed by atoms with E-state index >= 15 is 0 Å². The van der Waals surface area contributed by atoms with Crippen LogP contribution in [0.15, 0.2) is 18.2 Å². The van der Waals surface area contributed by atoms with E-state index in [2.05, 4.69) is 30.4 Å². The summed E-state index contributed by atoms with van der Waals surface area (Å²) in [6, 6.07) is 6.72. The van der Waals surface area contributed by atoms with Crippen LogP contribution in [0, 0.1) is 5.92 Å². The zero-order valence-corrected chi connectivity index (χ0v) is 12.2. The Morgan fingerprint density at radius 2 is 2.32 bits per heavy atom. The summed E-state index contributed by atoms with van der Waals surface area (Å²) in [6.07, 6.45) is 6.55. The molecule has 0 bridgehead atoms. The molecule has 1 spiro atoms. The lowest BCUT2D eigenvalue weighted by atomic mass is 9.78. The van der Waals surface area contributed by atoms with Gasteiger partial charge in [0.2, 0.25) is 0 Å². The topological polar surface area (TPSA) is 21.3 Å². The van der Waals surface area contributed by atoms with Crippen molar-refractivity contribution >= 4 is 0 Å². The highest BCUT2D eigenvalue weighted by molar-refractivity contribution is 5.46. The maximum atomic E-state index is 5.36. The molecule has 0 aromatic heterocycles. The van der Waals surface area contributed by atoms with Crippen molar-refractivity contribution in [3.8, 4) is 5.75 Å². The second-order valence-corrected chi connectivity index (χ2v) is 6.14. The van der Waals surface area contributed by atoms with Gasteiger partial charge < -0.3 is 10.1 Å². The third kappa shape index (κ3) is 2.27. The predicted molar refractivity (Wildman–Crippen MR) is 78.9 cm³/mol. The molecule has 0 aliphatic heterocycles. The fraction of sp³-hybridized carbons (Fsp3) is 0.647. The van der Waals surface area contributed by atoms with Crippen LogP contribution in [0.3, 0.4) is 0 Å². The fourth-order valence-electron chi connectivity index (χ4n) is 3.86. The Kier molecular flexibility index (Phi) is 3.53. The van der Waals surface area contributed by atoms with Crippen molar-refractivity contribution in [1.29, 1.82) is 0 Å². The molecule has 0 saturated heterocycles. The smallest absolute Gasteiger partial charge is 0.119 e. The molecule has 2 unspecified atom stereocenters. The number of hydrogen-bond donors (Lipinski definition) is 1. The van der Waals surface area contributed by atoms with Gasteiger partial charge in [0.15, 0.2) is 0 Å². The summed E-state index contributed by atoms with van der Waals surface area (Å²) in [6.45, 7) is 4.58. The molecule has 2 atom stereocenters. The zero-order valence-electron chi connectivity index (χ0n) is 12.2. The van der Waals surface area contributed by atoms with Crippen LogP contribution in [0.1, 0.15) is 43.7 Å². The third-order valence-corrected chi connectivity index (χ3v) is 4.97. The average Bonchev–Trinajstić information content (AvgIpc) is 3.12. The highest BCUT2D eigenvalue weighted by Crippen LogP contribution is 2.60. The van der Waals surface area contributed by atoms with Gasteiger partial charge in [-0.1, -0.05) is 13.0 Å². The highest BCUT2D eigenvalue weighted by Gasteiger charge is 2.55. The van der Waals surface area contributed by atoms with E-state index in [-0.39, 0.29) is 0 Å². The average molecular weight is 259 g/mol. The number of methoxy groups -OCH3 is 1. The molecule has 19 heavy (non-hydrogen) atoms. The molecule has 104 valence electrons. The van der Waals surface area contributed by atoms with Gasteiger partial charge in [0.1, 0.15) is 5.75 Å². The van der Waals surface area contributed by atoms with Crippen LogP contribution < -0.4 is 10.1 Å². The van der Waals surface area contributed by atoms with Gasteiger partial charge >= 0.3 is 0 Å². The Labute approximate surface area is 116 Å². The molecular weight excluding hydrogens is 234 g/mol. The van der Waals surface area contributed by atoms with Crippen LogP contribution >= 0.6 is 0 Å². The predicted octanol–water partition coefficient (Wildman–Crippen LogP) is 3.29. The lowest BCUT2D eigenvalue weighted by Gasteiger charge is -2.27. The van der Waals surface area contributed by atoms with E-state index in [0.717, 1.165) is 18.2 Å². The molecule has 2 aliphatic carbocycles. The third-order valence-electron chi connectivity index (χ3n) is 4.97. The summed E-state index contributed by atoms with van der Waals surface area (Å²) in [7, 11) is 1.76. The summed E-state index contributed by atoms with van der Waals surface area (Å²) in [4.78, 5) is 0. The second-order valence-electron chi connectivity index (χ2n) is 6.14. The first-order chi connectivity index (χ1) is 9.30. The molecule has 1 aromatic rings. The lowest BCUT2D eigenvalue weighted by molar-refractivity contribution is 0.411. The molecule has 0 amide bonds. The number of nitrogens with one attached hydrogen (secondary N) is 1. The van der Waals surface area contributed by atoms with Crippen molar-refractivity contribution in [2.75, 3.05) is 20.2 Å². The van der Waals surface area contributed by atoms with Crippen molar-refractivity contribution in [3.05, 3.63) is 29.3 Å². The molecular formula is C17H25NO. The number of benzene rings is 1. The van der Waals surface area contributed by atoms with Crippen LogP contribution in [0.2, 0.25) is 0 Å². The molecule has 0 radical (unpaired) electrons. The largest absolute Gasteiger partial charge is 0.497 e. The molecule has 0 heterocycles. The minimum absolute atomic E-state index is 0.501. The van der Waals surface area contributed by atoms with Crippen molar-refractivity contribution in [1.82, 2.24) is 5.32 Å². The normalized spacial score (nSPS) is 28.2. The van der Waals surface area contributed by atoms with Gasteiger partial charge in [-0.25, -0.2) is 0 Å². The summed E-state index contributed by atoms with van der Waals surface area (Å²) in [5.74, 6) is 1.86. The van der Waals surface area contributed by atoms with Gasteiger partial charge in [-0.2, -0.15) is 0 Å². The zero-order chi connectivity index (χ0) is 13.3. The minimum atomic E-state index is 0.501. The minimum Gasteiger partial charge on any atom is -0.497 e. The Balaban J connectivity index is 1.76. The van der Waals surface area contributed by atoms with Gasteiger partial charge in [-0.15, -0.1) is 0 Å². The molecule has 2 heteroatoms.